The first kappa shape index (κ1) is 15.5. The summed E-state index contributed by atoms with van der Waals surface area (Å²) in [6.07, 6.45) is 0.424. The SMILES string of the molecule is O=C1CC(c2nc(-c3ccc(Br)cc3)no2)CN1Cc1cccs1. The number of aromatic nitrogens is 2. The Morgan fingerprint density at radius 3 is 2.88 bits per heavy atom. The Morgan fingerprint density at radius 1 is 1.29 bits per heavy atom. The summed E-state index contributed by atoms with van der Waals surface area (Å²) in [7, 11) is 0. The van der Waals surface area contributed by atoms with E-state index >= 15 is 0 Å². The van der Waals surface area contributed by atoms with E-state index in [9.17, 15) is 4.79 Å². The second kappa shape index (κ2) is 6.49. The molecule has 0 spiro atoms. The molecule has 7 heteroatoms. The van der Waals surface area contributed by atoms with Crippen LogP contribution in [0.1, 0.15) is 23.1 Å². The number of amides is 1. The number of nitrogens with zero attached hydrogens (tertiary/aromatic N) is 3. The Morgan fingerprint density at radius 2 is 2.12 bits per heavy atom. The fourth-order valence-electron chi connectivity index (χ4n) is 2.80. The van der Waals surface area contributed by atoms with Crippen LogP contribution in [0.3, 0.4) is 0 Å². The van der Waals surface area contributed by atoms with Crippen molar-refractivity contribution < 1.29 is 9.32 Å². The molecule has 1 amide bonds. The molecule has 1 fully saturated rings. The van der Waals surface area contributed by atoms with Crippen LogP contribution < -0.4 is 0 Å². The third-order valence-corrected chi connectivity index (χ3v) is 5.42. The molecule has 4 rings (SSSR count). The summed E-state index contributed by atoms with van der Waals surface area (Å²) >= 11 is 5.07. The van der Waals surface area contributed by atoms with Gasteiger partial charge >= 0.3 is 0 Å². The van der Waals surface area contributed by atoms with Gasteiger partial charge in [-0.2, -0.15) is 4.98 Å². The summed E-state index contributed by atoms with van der Waals surface area (Å²) in [4.78, 5) is 19.8. The lowest BCUT2D eigenvalue weighted by molar-refractivity contribution is -0.128. The summed E-state index contributed by atoms with van der Waals surface area (Å²) in [5.41, 5.74) is 0.896. The van der Waals surface area contributed by atoms with E-state index in [2.05, 4.69) is 26.1 Å². The second-order valence-corrected chi connectivity index (χ2v) is 7.67. The maximum Gasteiger partial charge on any atom is 0.232 e. The van der Waals surface area contributed by atoms with E-state index < -0.39 is 0 Å². The Hall–Kier alpha value is -1.99. The van der Waals surface area contributed by atoms with E-state index in [0.29, 0.717) is 31.2 Å². The maximum absolute atomic E-state index is 12.2. The molecule has 0 bridgehead atoms. The zero-order valence-electron chi connectivity index (χ0n) is 12.7. The zero-order valence-corrected chi connectivity index (χ0v) is 15.1. The monoisotopic (exact) mass is 403 g/mol. The normalized spacial score (nSPS) is 17.6. The van der Waals surface area contributed by atoms with Crippen LogP contribution >= 0.6 is 27.3 Å². The van der Waals surface area contributed by atoms with E-state index in [4.69, 9.17) is 4.52 Å². The van der Waals surface area contributed by atoms with Gasteiger partial charge < -0.3 is 9.42 Å². The van der Waals surface area contributed by atoms with Gasteiger partial charge in [0.15, 0.2) is 0 Å². The number of benzene rings is 1. The third-order valence-electron chi connectivity index (χ3n) is 4.03. The topological polar surface area (TPSA) is 59.2 Å². The van der Waals surface area contributed by atoms with Crippen molar-refractivity contribution in [2.45, 2.75) is 18.9 Å². The number of carbonyl (C=O) groups excluding carboxylic acids is 1. The minimum atomic E-state index is -0.0332. The lowest BCUT2D eigenvalue weighted by Crippen LogP contribution is -2.23. The molecular weight excluding hydrogens is 390 g/mol. The largest absolute Gasteiger partial charge is 0.339 e. The average Bonchev–Trinajstić information content (AvgIpc) is 3.31. The summed E-state index contributed by atoms with van der Waals surface area (Å²) in [6, 6.07) is 11.8. The van der Waals surface area contributed by atoms with Crippen LogP contribution in [0.2, 0.25) is 0 Å². The van der Waals surface area contributed by atoms with Crippen molar-refractivity contribution in [2.75, 3.05) is 6.54 Å². The predicted molar refractivity (Wildman–Crippen MR) is 94.5 cm³/mol. The van der Waals surface area contributed by atoms with Gasteiger partial charge in [0.05, 0.1) is 12.5 Å². The molecular formula is C17H14BrN3O2S. The molecule has 122 valence electrons. The van der Waals surface area contributed by atoms with Gasteiger partial charge in [-0.25, -0.2) is 0 Å². The number of likely N-dealkylation sites (tertiary alicyclic amines) is 1. The highest BCUT2D eigenvalue weighted by Gasteiger charge is 2.34. The van der Waals surface area contributed by atoms with Crippen LogP contribution in [-0.4, -0.2) is 27.5 Å². The van der Waals surface area contributed by atoms with Crippen LogP contribution in [0.5, 0.6) is 0 Å². The van der Waals surface area contributed by atoms with Gasteiger partial charge in [0.1, 0.15) is 0 Å². The first-order valence-electron chi connectivity index (χ1n) is 7.59. The van der Waals surface area contributed by atoms with Crippen LogP contribution in [0.15, 0.2) is 50.8 Å². The van der Waals surface area contributed by atoms with E-state index in [-0.39, 0.29) is 11.8 Å². The number of thiophene rings is 1. The van der Waals surface area contributed by atoms with E-state index in [0.717, 1.165) is 10.0 Å². The molecule has 1 aliphatic rings. The van der Waals surface area contributed by atoms with Crippen molar-refractivity contribution in [2.24, 2.45) is 0 Å². The molecule has 1 unspecified atom stereocenters. The Labute approximate surface area is 151 Å². The predicted octanol–water partition coefficient (Wildman–Crippen LogP) is 4.08. The molecule has 24 heavy (non-hydrogen) atoms. The van der Waals surface area contributed by atoms with Gasteiger partial charge in [-0.15, -0.1) is 11.3 Å². The molecule has 0 aliphatic carbocycles. The Kier molecular flexibility index (Phi) is 4.20. The van der Waals surface area contributed by atoms with Crippen LogP contribution in [0, 0.1) is 0 Å². The second-order valence-electron chi connectivity index (χ2n) is 5.72. The van der Waals surface area contributed by atoms with Gasteiger partial charge in [0.2, 0.25) is 17.6 Å². The first-order chi connectivity index (χ1) is 11.7. The van der Waals surface area contributed by atoms with Crippen LogP contribution in [-0.2, 0) is 11.3 Å². The van der Waals surface area contributed by atoms with Crippen molar-refractivity contribution in [1.29, 1.82) is 0 Å². The van der Waals surface area contributed by atoms with Gasteiger partial charge in [0, 0.05) is 27.9 Å². The van der Waals surface area contributed by atoms with Gasteiger partial charge in [0.25, 0.3) is 0 Å². The summed E-state index contributed by atoms with van der Waals surface area (Å²) in [5.74, 6) is 1.20. The molecule has 0 radical (unpaired) electrons. The summed E-state index contributed by atoms with van der Waals surface area (Å²) in [5, 5.41) is 6.08. The molecule has 2 aromatic heterocycles. The average molecular weight is 404 g/mol. The highest BCUT2D eigenvalue weighted by Crippen LogP contribution is 2.30. The van der Waals surface area contributed by atoms with E-state index in [1.165, 1.54) is 4.88 Å². The molecule has 1 aromatic carbocycles. The fraction of sp³-hybridized carbons (Fsp3) is 0.235. The number of hydrogen-bond acceptors (Lipinski definition) is 5. The molecule has 3 aromatic rings. The number of carbonyl (C=O) groups is 1. The van der Waals surface area contributed by atoms with Crippen molar-refractivity contribution in [3.05, 3.63) is 57.0 Å². The standard InChI is InChI=1S/C17H14BrN3O2S/c18-13-5-3-11(4-6-13)16-19-17(23-20-16)12-8-15(22)21(9-12)10-14-2-1-7-24-14/h1-7,12H,8-10H2. The fourth-order valence-corrected chi connectivity index (χ4v) is 3.78. The molecule has 0 saturated carbocycles. The quantitative estimate of drug-likeness (QED) is 0.658. The molecule has 5 nitrogen and oxygen atoms in total. The minimum absolute atomic E-state index is 0.0332. The number of halogens is 1. The number of rotatable bonds is 4. The first-order valence-corrected chi connectivity index (χ1v) is 9.26. The molecule has 3 heterocycles. The molecule has 1 atom stereocenters. The van der Waals surface area contributed by atoms with Gasteiger partial charge in [-0.3, -0.25) is 4.79 Å². The molecule has 1 aliphatic heterocycles. The van der Waals surface area contributed by atoms with Crippen LogP contribution in [0.25, 0.3) is 11.4 Å². The highest BCUT2D eigenvalue weighted by atomic mass is 79.9. The third kappa shape index (κ3) is 3.14. The lowest BCUT2D eigenvalue weighted by atomic mass is 10.1. The maximum atomic E-state index is 12.2. The number of hydrogen-bond donors (Lipinski definition) is 0. The van der Waals surface area contributed by atoms with E-state index in [1.807, 2.05) is 46.7 Å². The molecule has 0 N–H and O–H groups in total. The molecule has 1 saturated heterocycles. The summed E-state index contributed by atoms with van der Waals surface area (Å²) < 4.78 is 6.42. The van der Waals surface area contributed by atoms with Crippen molar-refractivity contribution in [3.8, 4) is 11.4 Å². The smallest absolute Gasteiger partial charge is 0.232 e. The summed E-state index contributed by atoms with van der Waals surface area (Å²) in [6.45, 7) is 1.28. The Bertz CT molecular complexity index is 845. The lowest BCUT2D eigenvalue weighted by Gasteiger charge is -2.14. The Balaban J connectivity index is 1.49. The van der Waals surface area contributed by atoms with Crippen LogP contribution in [0.4, 0.5) is 0 Å². The van der Waals surface area contributed by atoms with E-state index in [1.54, 1.807) is 11.3 Å². The van der Waals surface area contributed by atoms with Crippen molar-refractivity contribution in [1.82, 2.24) is 15.0 Å². The highest BCUT2D eigenvalue weighted by molar-refractivity contribution is 9.10. The van der Waals surface area contributed by atoms with Crippen molar-refractivity contribution in [3.63, 3.8) is 0 Å². The van der Waals surface area contributed by atoms with Crippen molar-refractivity contribution >= 4 is 33.2 Å². The van der Waals surface area contributed by atoms with Gasteiger partial charge in [-0.05, 0) is 35.7 Å². The van der Waals surface area contributed by atoms with Gasteiger partial charge in [-0.1, -0.05) is 27.2 Å². The minimum Gasteiger partial charge on any atom is -0.339 e. The zero-order chi connectivity index (χ0) is 16.5.